The van der Waals surface area contributed by atoms with E-state index in [1.165, 1.54) is 52.1 Å². The first kappa shape index (κ1) is 38.8. The second kappa shape index (κ2) is 14.4. The number of hydrogen-bond donors (Lipinski definition) is 7. The van der Waals surface area contributed by atoms with Crippen LogP contribution in [0.3, 0.4) is 0 Å². The van der Waals surface area contributed by atoms with E-state index in [4.69, 9.17) is 42.0 Å². The summed E-state index contributed by atoms with van der Waals surface area (Å²) >= 11 is 0. The summed E-state index contributed by atoms with van der Waals surface area (Å²) in [5.41, 5.74) is -1.10. The molecule has 0 amide bonds. The summed E-state index contributed by atoms with van der Waals surface area (Å²) in [5, 5.41) is 77.8. The van der Waals surface area contributed by atoms with Gasteiger partial charge in [-0.15, -0.1) is 0 Å². The normalized spacial score (nSPS) is 36.9. The van der Waals surface area contributed by atoms with E-state index < -0.39 is 109 Å². The molecule has 0 unspecified atom stereocenters. The Labute approximate surface area is 316 Å². The Hall–Kier alpha value is -4.02. The molecule has 0 bridgehead atoms. The van der Waals surface area contributed by atoms with Crippen LogP contribution in [-0.4, -0.2) is 135 Å². The van der Waals surface area contributed by atoms with E-state index in [1.807, 2.05) is 0 Å². The van der Waals surface area contributed by atoms with Crippen molar-refractivity contribution in [2.45, 2.75) is 120 Å². The summed E-state index contributed by atoms with van der Waals surface area (Å²) in [6.07, 6.45) is -21.5. The summed E-state index contributed by atoms with van der Waals surface area (Å²) in [6.45, 7) is 6.12. The lowest BCUT2D eigenvalue weighted by Gasteiger charge is -2.48. The molecule has 18 nitrogen and oxygen atoms in total. The standard InChI is InChI=1S/C38H42O18/c1-11-9-10-17-20-18(11)34(46)54-30-19-15(26(42)22(21(20)30)35(47)52-17)7-6-8-16(19)53-37-32(27(43)23(39)12(2)50-37)56-38-33(28(44)24(40)13(3)51-38)55-36-29(45)31(48-5)25(41)14(4)49-36/h6-10,12-14,23-25,27-29,31-33,36-45H,1-5H3/t12-,13+,14+,23-,24+,25+,27-,28-,29+,31+,32+,33+,36-,37-,38-/m1/s1. The van der Waals surface area contributed by atoms with Crippen LogP contribution in [0.15, 0.2) is 48.8 Å². The highest BCUT2D eigenvalue weighted by molar-refractivity contribution is 6.28. The minimum atomic E-state index is -1.74. The molecule has 2 aromatic heterocycles. The maximum atomic E-state index is 13.5. The van der Waals surface area contributed by atoms with Crippen molar-refractivity contribution in [3.8, 4) is 11.5 Å². The van der Waals surface area contributed by atoms with E-state index in [-0.39, 0.29) is 49.2 Å². The van der Waals surface area contributed by atoms with Crippen LogP contribution in [0.2, 0.25) is 0 Å². The predicted molar refractivity (Wildman–Crippen MR) is 191 cm³/mol. The highest BCUT2D eigenvalue weighted by Gasteiger charge is 2.53. The third-order valence-electron chi connectivity index (χ3n) is 11.1. The van der Waals surface area contributed by atoms with Gasteiger partial charge in [-0.1, -0.05) is 18.2 Å². The zero-order valence-electron chi connectivity index (χ0n) is 30.7. The quantitative estimate of drug-likeness (QED) is 0.0661. The van der Waals surface area contributed by atoms with Crippen molar-refractivity contribution in [2.75, 3.05) is 7.11 Å². The average Bonchev–Trinajstić information content (AvgIpc) is 3.16. The summed E-state index contributed by atoms with van der Waals surface area (Å²) in [4.78, 5) is 26.8. The van der Waals surface area contributed by atoms with E-state index in [2.05, 4.69) is 0 Å². The molecule has 8 rings (SSSR count). The van der Waals surface area contributed by atoms with Gasteiger partial charge in [-0.05, 0) is 45.4 Å². The lowest BCUT2D eigenvalue weighted by molar-refractivity contribution is -0.384. The van der Waals surface area contributed by atoms with Gasteiger partial charge < -0.3 is 77.7 Å². The summed E-state index contributed by atoms with van der Waals surface area (Å²) in [7, 11) is 1.27. The van der Waals surface area contributed by atoms with Gasteiger partial charge in [0, 0.05) is 23.3 Å². The van der Waals surface area contributed by atoms with Crippen LogP contribution in [0.5, 0.6) is 11.5 Å². The van der Waals surface area contributed by atoms with E-state index in [9.17, 15) is 45.3 Å². The lowest BCUT2D eigenvalue weighted by Crippen LogP contribution is -2.66. The first-order chi connectivity index (χ1) is 26.6. The molecule has 3 fully saturated rings. The molecule has 3 aliphatic rings. The fraction of sp³-hybridized carbons (Fsp3) is 0.526. The van der Waals surface area contributed by atoms with Gasteiger partial charge in [0.2, 0.25) is 6.29 Å². The van der Waals surface area contributed by atoms with Crippen LogP contribution < -0.4 is 16.0 Å². The van der Waals surface area contributed by atoms with Crippen molar-refractivity contribution in [3.63, 3.8) is 0 Å². The molecule has 3 aromatic carbocycles. The van der Waals surface area contributed by atoms with E-state index in [0.717, 1.165) is 0 Å². The Kier molecular flexibility index (Phi) is 10.00. The molecule has 0 spiro atoms. The highest BCUT2D eigenvalue weighted by atomic mass is 16.8. The first-order valence-electron chi connectivity index (χ1n) is 18.1. The average molecular weight is 787 g/mol. The number of rotatable bonds is 7. The molecule has 3 aliphatic heterocycles. The Balaban J connectivity index is 1.20. The van der Waals surface area contributed by atoms with Crippen molar-refractivity contribution in [2.24, 2.45) is 0 Å². The minimum absolute atomic E-state index is 0.0391. The molecule has 0 radical (unpaired) electrons. The fourth-order valence-electron chi connectivity index (χ4n) is 7.99. The van der Waals surface area contributed by atoms with Gasteiger partial charge in [-0.2, -0.15) is 0 Å². The summed E-state index contributed by atoms with van der Waals surface area (Å²) in [6, 6.07) is 7.56. The summed E-state index contributed by atoms with van der Waals surface area (Å²) in [5.74, 6) is -0.541. The lowest BCUT2D eigenvalue weighted by atomic mass is 9.95. The number of methoxy groups -OCH3 is 1. The Bertz CT molecular complexity index is 2380. The number of aryl methyl sites for hydroxylation is 1. The topological polar surface area (TPSA) is 267 Å². The molecule has 56 heavy (non-hydrogen) atoms. The van der Waals surface area contributed by atoms with Gasteiger partial charge in [0.15, 0.2) is 24.3 Å². The van der Waals surface area contributed by atoms with E-state index in [0.29, 0.717) is 5.56 Å². The largest absolute Gasteiger partial charge is 0.506 e. The van der Waals surface area contributed by atoms with Crippen molar-refractivity contribution >= 4 is 43.5 Å². The molecule has 5 heterocycles. The molecule has 0 saturated carbocycles. The predicted octanol–water partition coefficient (Wildman–Crippen LogP) is 0.222. The van der Waals surface area contributed by atoms with Gasteiger partial charge >= 0.3 is 11.3 Å². The Morgan fingerprint density at radius 2 is 1.18 bits per heavy atom. The van der Waals surface area contributed by atoms with E-state index in [1.54, 1.807) is 13.0 Å². The number of phenols is 1. The summed E-state index contributed by atoms with van der Waals surface area (Å²) < 4.78 is 52.8. The Morgan fingerprint density at radius 3 is 1.86 bits per heavy atom. The highest BCUT2D eigenvalue weighted by Crippen LogP contribution is 2.45. The molecule has 5 aromatic rings. The molecule has 15 atom stereocenters. The third kappa shape index (κ3) is 6.03. The smallest absolute Gasteiger partial charge is 0.348 e. The number of aliphatic hydroxyl groups excluding tert-OH is 6. The van der Waals surface area contributed by atoms with Crippen LogP contribution in [0.25, 0.3) is 43.5 Å². The van der Waals surface area contributed by atoms with Crippen molar-refractivity contribution in [1.29, 1.82) is 0 Å². The molecule has 0 aliphatic carbocycles. The number of hydrogen-bond acceptors (Lipinski definition) is 18. The molecule has 7 N–H and O–H groups in total. The fourth-order valence-corrected chi connectivity index (χ4v) is 7.99. The number of ether oxygens (including phenoxy) is 7. The molecule has 18 heteroatoms. The maximum Gasteiger partial charge on any atom is 0.348 e. The van der Waals surface area contributed by atoms with E-state index >= 15 is 0 Å². The van der Waals surface area contributed by atoms with Crippen molar-refractivity contribution < 1.29 is 77.7 Å². The zero-order valence-corrected chi connectivity index (χ0v) is 30.7. The van der Waals surface area contributed by atoms with Crippen LogP contribution in [0, 0.1) is 6.92 Å². The van der Waals surface area contributed by atoms with Crippen molar-refractivity contribution in [1.82, 2.24) is 0 Å². The number of fused-ring (bicyclic) bond motifs is 2. The number of aliphatic hydroxyl groups is 6. The van der Waals surface area contributed by atoms with Crippen molar-refractivity contribution in [3.05, 3.63) is 56.7 Å². The molecular formula is C38H42O18. The monoisotopic (exact) mass is 786 g/mol. The van der Waals surface area contributed by atoms with Gasteiger partial charge in [-0.3, -0.25) is 0 Å². The third-order valence-corrected chi connectivity index (χ3v) is 11.1. The number of aromatic hydroxyl groups is 1. The second-order valence-electron chi connectivity index (χ2n) is 14.6. The number of benzene rings is 3. The minimum Gasteiger partial charge on any atom is -0.506 e. The Morgan fingerprint density at radius 1 is 0.589 bits per heavy atom. The number of phenolic OH excluding ortho intramolecular Hbond substituents is 1. The SMILES string of the molecule is CO[C@@H]1[C@H](O)[C@@H](O[C@@H]2[C@@H](O[C@@H]3[C@@H](Oc4cccc5c(O)c6c(=O)oc7ccc(C)c8c(=O)oc(c45)c6c78)O[C@H](C)[C@@H](O)[C@H]3O)O[C@@H](C)[C@H](O)[C@H]2O)O[C@@H](C)[C@@H]1O. The maximum absolute atomic E-state index is 13.5. The van der Waals surface area contributed by atoms with Gasteiger partial charge in [-0.25, -0.2) is 9.59 Å². The molecule has 302 valence electrons. The molecule has 3 saturated heterocycles. The van der Waals surface area contributed by atoms with Gasteiger partial charge in [0.05, 0.1) is 29.1 Å². The molecular weight excluding hydrogens is 744 g/mol. The van der Waals surface area contributed by atoms with Crippen LogP contribution >= 0.6 is 0 Å². The second-order valence-corrected chi connectivity index (χ2v) is 14.6. The van der Waals surface area contributed by atoms with Crippen LogP contribution in [0.4, 0.5) is 0 Å². The van der Waals surface area contributed by atoms with Crippen LogP contribution in [0.1, 0.15) is 26.3 Å². The van der Waals surface area contributed by atoms with Crippen LogP contribution in [-0.2, 0) is 28.4 Å². The van der Waals surface area contributed by atoms with Gasteiger partial charge in [0.25, 0.3) is 0 Å². The zero-order chi connectivity index (χ0) is 40.1. The first-order valence-corrected chi connectivity index (χ1v) is 18.1. The van der Waals surface area contributed by atoms with Gasteiger partial charge in [0.1, 0.15) is 71.3 Å².